The first kappa shape index (κ1) is 22.3. The van der Waals surface area contributed by atoms with Crippen LogP contribution in [0.15, 0.2) is 148 Å². The fourth-order valence-electron chi connectivity index (χ4n) is 6.27. The fraction of sp³-hybridized carbons (Fsp3) is 0. The van der Waals surface area contributed by atoms with Crippen LogP contribution in [0.2, 0.25) is 0 Å². The molecule has 0 amide bonds. The summed E-state index contributed by atoms with van der Waals surface area (Å²) in [5, 5.41) is 8.88. The lowest BCUT2D eigenvalue weighted by Gasteiger charge is -2.25. The average Bonchev–Trinajstić information content (AvgIpc) is 3.57. The van der Waals surface area contributed by atoms with Gasteiger partial charge < -0.3 is 13.7 Å². The highest BCUT2D eigenvalue weighted by atomic mass is 16.3. The number of rotatable bonds is 3. The van der Waals surface area contributed by atoms with Gasteiger partial charge >= 0.3 is 0 Å². The molecule has 0 N–H and O–H groups in total. The number of para-hydroxylation sites is 2. The van der Waals surface area contributed by atoms with Gasteiger partial charge in [-0.3, -0.25) is 0 Å². The molecule has 9 aromatic rings. The highest BCUT2D eigenvalue weighted by Crippen LogP contribution is 2.48. The van der Waals surface area contributed by atoms with Gasteiger partial charge in [0.15, 0.2) is 5.58 Å². The number of anilines is 3. The van der Waals surface area contributed by atoms with Crippen molar-refractivity contribution in [3.8, 4) is 0 Å². The average molecular weight is 526 g/mol. The Balaban J connectivity index is 1.49. The van der Waals surface area contributed by atoms with Gasteiger partial charge in [-0.15, -0.1) is 0 Å². The van der Waals surface area contributed by atoms with Crippen molar-refractivity contribution in [2.24, 2.45) is 0 Å². The SMILES string of the molecule is c1ccc(N(c2ccccc2)c2cc3c4cc5ccccc5cc4oc3c3c2oc2cc4ccccc4cc23)cc1. The molecule has 3 nitrogen and oxygen atoms in total. The van der Waals surface area contributed by atoms with Gasteiger partial charge in [-0.25, -0.2) is 0 Å². The van der Waals surface area contributed by atoms with E-state index in [1.807, 2.05) is 12.1 Å². The van der Waals surface area contributed by atoms with E-state index in [2.05, 4.69) is 132 Å². The summed E-state index contributed by atoms with van der Waals surface area (Å²) in [5.74, 6) is 0. The Hall–Kier alpha value is -5.54. The minimum atomic E-state index is 0.805. The van der Waals surface area contributed by atoms with E-state index in [0.717, 1.165) is 71.7 Å². The van der Waals surface area contributed by atoms with Crippen molar-refractivity contribution in [1.29, 1.82) is 0 Å². The number of hydrogen-bond acceptors (Lipinski definition) is 3. The highest BCUT2D eigenvalue weighted by molar-refractivity contribution is 6.27. The summed E-state index contributed by atoms with van der Waals surface area (Å²) in [6.07, 6.45) is 0. The second kappa shape index (κ2) is 8.48. The summed E-state index contributed by atoms with van der Waals surface area (Å²) in [6, 6.07) is 48.9. The van der Waals surface area contributed by atoms with Crippen LogP contribution < -0.4 is 4.90 Å². The number of furan rings is 2. The lowest BCUT2D eigenvalue weighted by Crippen LogP contribution is -2.10. The highest BCUT2D eigenvalue weighted by Gasteiger charge is 2.25. The smallest absolute Gasteiger partial charge is 0.163 e. The molecule has 0 bridgehead atoms. The van der Waals surface area contributed by atoms with Crippen LogP contribution in [-0.2, 0) is 0 Å². The van der Waals surface area contributed by atoms with Gasteiger partial charge in [0.05, 0.1) is 11.1 Å². The van der Waals surface area contributed by atoms with Crippen LogP contribution in [0.5, 0.6) is 0 Å². The van der Waals surface area contributed by atoms with Gasteiger partial charge in [-0.1, -0.05) is 84.9 Å². The molecule has 0 saturated carbocycles. The molecule has 0 saturated heterocycles. The van der Waals surface area contributed by atoms with Crippen molar-refractivity contribution in [2.75, 3.05) is 4.90 Å². The first-order valence-corrected chi connectivity index (χ1v) is 13.9. The second-order valence-corrected chi connectivity index (χ2v) is 10.6. The van der Waals surface area contributed by atoms with E-state index in [1.54, 1.807) is 0 Å². The standard InChI is InChI=1S/C38H23NO2/c1-3-15-28(16-4-1)39(29-17-5-2-6-18-29)33-23-31-30-19-24-11-7-9-13-26(24)21-34(30)40-37(31)36-32-20-25-12-8-10-14-27(25)22-35(32)41-38(33)36/h1-23H. The number of benzene rings is 7. The maximum Gasteiger partial charge on any atom is 0.163 e. The van der Waals surface area contributed by atoms with Crippen molar-refractivity contribution in [3.05, 3.63) is 140 Å². The van der Waals surface area contributed by atoms with E-state index < -0.39 is 0 Å². The normalized spacial score (nSPS) is 11.9. The lowest BCUT2D eigenvalue weighted by molar-refractivity contribution is 0.663. The largest absolute Gasteiger partial charge is 0.455 e. The van der Waals surface area contributed by atoms with Crippen LogP contribution >= 0.6 is 0 Å². The number of nitrogens with zero attached hydrogens (tertiary/aromatic N) is 1. The van der Waals surface area contributed by atoms with Gasteiger partial charge in [-0.2, -0.15) is 0 Å². The molecule has 41 heavy (non-hydrogen) atoms. The summed E-state index contributed by atoms with van der Waals surface area (Å²) in [5.41, 5.74) is 6.47. The van der Waals surface area contributed by atoms with Crippen LogP contribution in [-0.4, -0.2) is 0 Å². The maximum absolute atomic E-state index is 6.80. The van der Waals surface area contributed by atoms with Crippen molar-refractivity contribution in [1.82, 2.24) is 0 Å². The molecule has 7 aromatic carbocycles. The van der Waals surface area contributed by atoms with Crippen molar-refractivity contribution in [3.63, 3.8) is 0 Å². The maximum atomic E-state index is 6.80. The van der Waals surface area contributed by atoms with Gasteiger partial charge in [0.2, 0.25) is 0 Å². The molecular weight excluding hydrogens is 502 g/mol. The third-order valence-electron chi connectivity index (χ3n) is 8.16. The summed E-state index contributed by atoms with van der Waals surface area (Å²) >= 11 is 0. The summed E-state index contributed by atoms with van der Waals surface area (Å²) < 4.78 is 13.5. The molecule has 0 atom stereocenters. The van der Waals surface area contributed by atoms with Gasteiger partial charge in [0, 0.05) is 27.5 Å². The zero-order valence-electron chi connectivity index (χ0n) is 22.0. The topological polar surface area (TPSA) is 29.5 Å². The van der Waals surface area contributed by atoms with Crippen LogP contribution in [0.4, 0.5) is 17.1 Å². The number of fused-ring (bicyclic) bond motifs is 9. The minimum Gasteiger partial charge on any atom is -0.455 e. The number of hydrogen-bond donors (Lipinski definition) is 0. The molecule has 2 aromatic heterocycles. The van der Waals surface area contributed by atoms with Crippen molar-refractivity contribution >= 4 is 82.5 Å². The summed E-state index contributed by atoms with van der Waals surface area (Å²) in [4.78, 5) is 2.28. The Bertz CT molecular complexity index is 2380. The monoisotopic (exact) mass is 525 g/mol. The molecular formula is C38H23NO2. The van der Waals surface area contributed by atoms with Crippen molar-refractivity contribution < 1.29 is 8.83 Å². The first-order valence-electron chi connectivity index (χ1n) is 13.9. The molecule has 0 fully saturated rings. The third-order valence-corrected chi connectivity index (χ3v) is 8.16. The molecule has 0 aliphatic rings. The van der Waals surface area contributed by atoms with E-state index in [1.165, 1.54) is 10.8 Å². The van der Waals surface area contributed by atoms with E-state index in [-0.39, 0.29) is 0 Å². The zero-order valence-corrected chi connectivity index (χ0v) is 22.0. The predicted octanol–water partition coefficient (Wildman–Crippen LogP) is 11.3. The third kappa shape index (κ3) is 3.33. The molecule has 192 valence electrons. The molecule has 9 rings (SSSR count). The molecule has 0 aliphatic carbocycles. The van der Waals surface area contributed by atoms with E-state index in [0.29, 0.717) is 0 Å². The van der Waals surface area contributed by atoms with E-state index >= 15 is 0 Å². The van der Waals surface area contributed by atoms with Gasteiger partial charge in [0.1, 0.15) is 16.7 Å². The van der Waals surface area contributed by atoms with Crippen LogP contribution in [0.3, 0.4) is 0 Å². The summed E-state index contributed by atoms with van der Waals surface area (Å²) in [7, 11) is 0. The molecule has 0 spiro atoms. The molecule has 0 radical (unpaired) electrons. The molecule has 0 unspecified atom stereocenters. The Kier molecular flexibility index (Phi) is 4.61. The molecule has 0 aliphatic heterocycles. The lowest BCUT2D eigenvalue weighted by atomic mass is 10.0. The Morgan fingerprint density at radius 1 is 0.390 bits per heavy atom. The van der Waals surface area contributed by atoms with Gasteiger partial charge in [0.25, 0.3) is 0 Å². The van der Waals surface area contributed by atoms with Crippen LogP contribution in [0.1, 0.15) is 0 Å². The predicted molar refractivity (Wildman–Crippen MR) is 171 cm³/mol. The van der Waals surface area contributed by atoms with Crippen LogP contribution in [0, 0.1) is 0 Å². The van der Waals surface area contributed by atoms with E-state index in [9.17, 15) is 0 Å². The second-order valence-electron chi connectivity index (χ2n) is 10.6. The van der Waals surface area contributed by atoms with Gasteiger partial charge in [-0.05, 0) is 76.1 Å². The minimum absolute atomic E-state index is 0.805. The van der Waals surface area contributed by atoms with Crippen molar-refractivity contribution in [2.45, 2.75) is 0 Å². The first-order chi connectivity index (χ1) is 20.3. The summed E-state index contributed by atoms with van der Waals surface area (Å²) in [6.45, 7) is 0. The van der Waals surface area contributed by atoms with Crippen LogP contribution in [0.25, 0.3) is 65.4 Å². The Morgan fingerprint density at radius 3 is 1.44 bits per heavy atom. The molecule has 2 heterocycles. The quantitative estimate of drug-likeness (QED) is 0.230. The zero-order chi connectivity index (χ0) is 26.9. The molecule has 3 heteroatoms. The Labute approximate surface area is 235 Å². The fourth-order valence-corrected chi connectivity index (χ4v) is 6.27. The Morgan fingerprint density at radius 2 is 0.854 bits per heavy atom. The van der Waals surface area contributed by atoms with E-state index in [4.69, 9.17) is 8.83 Å².